The fraction of sp³-hybridized carbons (Fsp3) is 0.188. The molecule has 0 saturated heterocycles. The summed E-state index contributed by atoms with van der Waals surface area (Å²) < 4.78 is 9.17. The first-order valence-corrected chi connectivity index (χ1v) is 8.35. The normalized spacial score (nSPS) is 13.6. The van der Waals surface area contributed by atoms with Crippen molar-refractivity contribution in [3.05, 3.63) is 59.7 Å². The molecule has 1 aliphatic rings. The SMILES string of the molecule is COc1ccc2c(c1)C=[N+](Cc1ccccc1)C[Se]2. The van der Waals surface area contributed by atoms with Crippen LogP contribution in [0.2, 0.25) is 0 Å². The van der Waals surface area contributed by atoms with Crippen molar-refractivity contribution in [3.63, 3.8) is 0 Å². The van der Waals surface area contributed by atoms with E-state index in [1.807, 2.05) is 0 Å². The maximum absolute atomic E-state index is 5.30. The molecular weight excluding hydrogens is 301 g/mol. The van der Waals surface area contributed by atoms with E-state index in [9.17, 15) is 0 Å². The van der Waals surface area contributed by atoms with E-state index in [2.05, 4.69) is 59.3 Å². The first kappa shape index (κ1) is 12.5. The third-order valence-corrected chi connectivity index (χ3v) is 5.55. The summed E-state index contributed by atoms with van der Waals surface area (Å²) in [5, 5.41) is 0. The third kappa shape index (κ3) is 2.89. The Morgan fingerprint density at radius 3 is 2.79 bits per heavy atom. The molecule has 0 spiro atoms. The van der Waals surface area contributed by atoms with Crippen LogP contribution in [0.3, 0.4) is 0 Å². The van der Waals surface area contributed by atoms with Crippen LogP contribution in [0.25, 0.3) is 0 Å². The van der Waals surface area contributed by atoms with Gasteiger partial charge in [-0.05, 0) is 0 Å². The van der Waals surface area contributed by atoms with Crippen molar-refractivity contribution in [2.24, 2.45) is 0 Å². The van der Waals surface area contributed by atoms with E-state index in [0.29, 0.717) is 15.0 Å². The van der Waals surface area contributed by atoms with E-state index in [4.69, 9.17) is 4.74 Å². The van der Waals surface area contributed by atoms with Gasteiger partial charge < -0.3 is 0 Å². The number of methoxy groups -OCH3 is 1. The monoisotopic (exact) mass is 318 g/mol. The van der Waals surface area contributed by atoms with Gasteiger partial charge in [0.1, 0.15) is 0 Å². The van der Waals surface area contributed by atoms with Gasteiger partial charge in [-0.3, -0.25) is 0 Å². The molecular formula is C16H16NOSe+. The molecule has 3 heteroatoms. The fourth-order valence-electron chi connectivity index (χ4n) is 2.18. The van der Waals surface area contributed by atoms with Crippen LogP contribution in [0.4, 0.5) is 0 Å². The van der Waals surface area contributed by atoms with Gasteiger partial charge in [-0.1, -0.05) is 0 Å². The second kappa shape index (κ2) is 5.60. The molecule has 0 radical (unpaired) electrons. The van der Waals surface area contributed by atoms with Crippen LogP contribution in [0.5, 0.6) is 5.75 Å². The predicted octanol–water partition coefficient (Wildman–Crippen LogP) is 1.63. The number of nitrogens with zero attached hydrogens (tertiary/aromatic N) is 1. The molecule has 2 aromatic rings. The number of rotatable bonds is 3. The third-order valence-electron chi connectivity index (χ3n) is 3.15. The van der Waals surface area contributed by atoms with Gasteiger partial charge in [-0.2, -0.15) is 0 Å². The standard InChI is InChI=1S/C16H16NOSe/c1-18-15-7-8-16-14(9-15)11-17(12-19-16)10-13-5-3-2-4-6-13/h2-9,11H,10,12H2,1H3/q+1. The van der Waals surface area contributed by atoms with Gasteiger partial charge in [-0.25, -0.2) is 0 Å². The molecule has 0 saturated carbocycles. The van der Waals surface area contributed by atoms with Gasteiger partial charge in [-0.15, -0.1) is 0 Å². The first-order chi connectivity index (χ1) is 9.35. The quantitative estimate of drug-likeness (QED) is 0.619. The van der Waals surface area contributed by atoms with Crippen molar-refractivity contribution in [1.29, 1.82) is 0 Å². The summed E-state index contributed by atoms with van der Waals surface area (Å²) in [5.41, 5.74) is 3.81. The Labute approximate surface area is 119 Å². The minimum absolute atomic E-state index is 0.519. The van der Waals surface area contributed by atoms with Gasteiger partial charge in [0.05, 0.1) is 0 Å². The van der Waals surface area contributed by atoms with Crippen LogP contribution < -0.4 is 9.20 Å². The van der Waals surface area contributed by atoms with Crippen LogP contribution in [-0.2, 0) is 6.54 Å². The maximum atomic E-state index is 5.30. The number of benzene rings is 2. The number of fused-ring (bicyclic) bond motifs is 1. The zero-order valence-corrected chi connectivity index (χ0v) is 12.6. The average Bonchev–Trinajstić information content (AvgIpc) is 2.47. The fourth-order valence-corrected chi connectivity index (χ4v) is 4.10. The van der Waals surface area contributed by atoms with E-state index in [1.165, 1.54) is 15.6 Å². The van der Waals surface area contributed by atoms with E-state index < -0.39 is 0 Å². The summed E-state index contributed by atoms with van der Waals surface area (Å²) >= 11 is 0.519. The van der Waals surface area contributed by atoms with Gasteiger partial charge in [0.2, 0.25) is 0 Å². The predicted molar refractivity (Wildman–Crippen MR) is 78.8 cm³/mol. The van der Waals surface area contributed by atoms with Crippen LogP contribution in [0.1, 0.15) is 11.1 Å². The van der Waals surface area contributed by atoms with Crippen LogP contribution in [0, 0.1) is 0 Å². The van der Waals surface area contributed by atoms with Crippen molar-refractivity contribution >= 4 is 25.6 Å². The summed E-state index contributed by atoms with van der Waals surface area (Å²) in [6.45, 7) is 0.985. The topological polar surface area (TPSA) is 12.2 Å². The second-order valence-corrected chi connectivity index (χ2v) is 6.61. The van der Waals surface area contributed by atoms with E-state index in [-0.39, 0.29) is 0 Å². The Morgan fingerprint density at radius 1 is 1.16 bits per heavy atom. The average molecular weight is 317 g/mol. The summed E-state index contributed by atoms with van der Waals surface area (Å²) in [7, 11) is 1.72. The number of hydrogen-bond acceptors (Lipinski definition) is 1. The molecule has 3 rings (SSSR count). The van der Waals surface area contributed by atoms with Crippen molar-refractivity contribution in [3.8, 4) is 5.75 Å². The molecule has 0 aromatic heterocycles. The molecule has 19 heavy (non-hydrogen) atoms. The molecule has 2 nitrogen and oxygen atoms in total. The molecule has 0 amide bonds. The van der Waals surface area contributed by atoms with E-state index in [1.54, 1.807) is 7.11 Å². The number of ether oxygens (including phenoxy) is 1. The zero-order chi connectivity index (χ0) is 13.1. The zero-order valence-electron chi connectivity index (χ0n) is 10.9. The molecule has 0 atom stereocenters. The molecule has 0 N–H and O–H groups in total. The molecule has 0 bridgehead atoms. The Hall–Kier alpha value is -1.57. The summed E-state index contributed by atoms with van der Waals surface area (Å²) in [6, 6.07) is 17.0. The molecule has 96 valence electrons. The van der Waals surface area contributed by atoms with Crippen molar-refractivity contribution < 1.29 is 9.31 Å². The molecule has 1 aliphatic heterocycles. The van der Waals surface area contributed by atoms with Crippen molar-refractivity contribution in [2.45, 2.75) is 6.54 Å². The second-order valence-electron chi connectivity index (χ2n) is 4.54. The van der Waals surface area contributed by atoms with E-state index in [0.717, 1.165) is 17.7 Å². The molecule has 2 aromatic carbocycles. The Bertz CT molecular complexity index is 607. The molecule has 0 aliphatic carbocycles. The van der Waals surface area contributed by atoms with Gasteiger partial charge >= 0.3 is 119 Å². The summed E-state index contributed by atoms with van der Waals surface area (Å²) in [5.74, 6) is 0.937. The van der Waals surface area contributed by atoms with Crippen LogP contribution in [-0.4, -0.2) is 38.3 Å². The molecule has 1 heterocycles. The van der Waals surface area contributed by atoms with Crippen LogP contribution >= 0.6 is 0 Å². The minimum atomic E-state index is 0.519. The van der Waals surface area contributed by atoms with Crippen molar-refractivity contribution in [2.75, 3.05) is 12.6 Å². The van der Waals surface area contributed by atoms with Gasteiger partial charge in [0, 0.05) is 0 Å². The summed E-state index contributed by atoms with van der Waals surface area (Å²) in [6.07, 6.45) is 2.26. The molecule has 0 fully saturated rings. The van der Waals surface area contributed by atoms with Crippen molar-refractivity contribution in [1.82, 2.24) is 0 Å². The Balaban J connectivity index is 1.86. The Kier molecular flexibility index (Phi) is 3.67. The van der Waals surface area contributed by atoms with Crippen LogP contribution in [0.15, 0.2) is 48.5 Å². The number of hydrogen-bond donors (Lipinski definition) is 0. The van der Waals surface area contributed by atoms with E-state index >= 15 is 0 Å². The molecule has 0 unspecified atom stereocenters. The first-order valence-electron chi connectivity index (χ1n) is 6.29. The Morgan fingerprint density at radius 2 is 2.00 bits per heavy atom. The summed E-state index contributed by atoms with van der Waals surface area (Å²) in [4.78, 5) is 0. The van der Waals surface area contributed by atoms with Gasteiger partial charge in [0.25, 0.3) is 0 Å². The van der Waals surface area contributed by atoms with Gasteiger partial charge in [0.15, 0.2) is 0 Å².